The first-order valence-corrected chi connectivity index (χ1v) is 6.52. The number of benzene rings is 1. The Labute approximate surface area is 104 Å². The SMILES string of the molecule is C/C(=C/c1ccc2c(c1)CCCC2)CCC=O. The Morgan fingerprint density at radius 1 is 1.24 bits per heavy atom. The molecular weight excluding hydrogens is 208 g/mol. The summed E-state index contributed by atoms with van der Waals surface area (Å²) in [6.07, 6.45) is 9.83. The summed E-state index contributed by atoms with van der Waals surface area (Å²) < 4.78 is 0. The third kappa shape index (κ3) is 3.29. The zero-order valence-electron chi connectivity index (χ0n) is 10.5. The van der Waals surface area contributed by atoms with E-state index >= 15 is 0 Å². The Balaban J connectivity index is 2.13. The number of hydrogen-bond donors (Lipinski definition) is 0. The normalized spacial score (nSPS) is 15.5. The molecular formula is C16H20O. The van der Waals surface area contributed by atoms with Crippen LogP contribution in [0.5, 0.6) is 0 Å². The van der Waals surface area contributed by atoms with Crippen LogP contribution in [0.1, 0.15) is 49.3 Å². The third-order valence-corrected chi connectivity index (χ3v) is 3.44. The fourth-order valence-electron chi connectivity index (χ4n) is 2.49. The highest BCUT2D eigenvalue weighted by molar-refractivity contribution is 5.56. The van der Waals surface area contributed by atoms with Gasteiger partial charge in [0, 0.05) is 6.42 Å². The molecule has 0 unspecified atom stereocenters. The summed E-state index contributed by atoms with van der Waals surface area (Å²) in [7, 11) is 0. The van der Waals surface area contributed by atoms with Crippen molar-refractivity contribution in [2.75, 3.05) is 0 Å². The van der Waals surface area contributed by atoms with E-state index in [4.69, 9.17) is 0 Å². The summed E-state index contributed by atoms with van der Waals surface area (Å²) in [6, 6.07) is 6.79. The predicted octanol–water partition coefficient (Wildman–Crippen LogP) is 3.95. The number of aldehydes is 1. The van der Waals surface area contributed by atoms with Crippen molar-refractivity contribution in [2.24, 2.45) is 0 Å². The summed E-state index contributed by atoms with van der Waals surface area (Å²) in [5.41, 5.74) is 5.62. The molecule has 0 spiro atoms. The lowest BCUT2D eigenvalue weighted by molar-refractivity contribution is -0.107. The fraction of sp³-hybridized carbons (Fsp3) is 0.438. The second-order valence-electron chi connectivity index (χ2n) is 4.93. The number of fused-ring (bicyclic) bond motifs is 1. The van der Waals surface area contributed by atoms with Crippen molar-refractivity contribution in [3.63, 3.8) is 0 Å². The van der Waals surface area contributed by atoms with Gasteiger partial charge in [-0.25, -0.2) is 0 Å². The number of hydrogen-bond acceptors (Lipinski definition) is 1. The highest BCUT2D eigenvalue weighted by atomic mass is 16.1. The van der Waals surface area contributed by atoms with Gasteiger partial charge in [0.05, 0.1) is 0 Å². The first-order valence-electron chi connectivity index (χ1n) is 6.52. The van der Waals surface area contributed by atoms with Gasteiger partial charge in [-0.05, 0) is 55.7 Å². The fourth-order valence-corrected chi connectivity index (χ4v) is 2.49. The molecule has 1 aliphatic carbocycles. The minimum absolute atomic E-state index is 0.632. The molecule has 0 heterocycles. The minimum Gasteiger partial charge on any atom is -0.303 e. The van der Waals surface area contributed by atoms with Crippen molar-refractivity contribution in [2.45, 2.75) is 45.4 Å². The topological polar surface area (TPSA) is 17.1 Å². The molecule has 0 radical (unpaired) electrons. The lowest BCUT2D eigenvalue weighted by Gasteiger charge is -2.15. The molecule has 0 aromatic heterocycles. The highest BCUT2D eigenvalue weighted by Gasteiger charge is 2.08. The number of rotatable bonds is 4. The molecule has 1 aromatic rings. The van der Waals surface area contributed by atoms with E-state index in [0.717, 1.165) is 12.7 Å². The van der Waals surface area contributed by atoms with Crippen LogP contribution in [0.3, 0.4) is 0 Å². The average Bonchev–Trinajstić information content (AvgIpc) is 2.36. The van der Waals surface area contributed by atoms with Gasteiger partial charge in [-0.1, -0.05) is 29.8 Å². The van der Waals surface area contributed by atoms with Gasteiger partial charge in [-0.2, -0.15) is 0 Å². The molecule has 90 valence electrons. The van der Waals surface area contributed by atoms with Gasteiger partial charge in [-0.3, -0.25) is 0 Å². The van der Waals surface area contributed by atoms with E-state index < -0.39 is 0 Å². The van der Waals surface area contributed by atoms with Crippen molar-refractivity contribution in [3.8, 4) is 0 Å². The summed E-state index contributed by atoms with van der Waals surface area (Å²) in [5.74, 6) is 0. The zero-order chi connectivity index (χ0) is 12.1. The number of aryl methyl sites for hydroxylation is 2. The standard InChI is InChI=1S/C16H20O/c1-13(5-4-10-17)11-14-8-9-15-6-2-3-7-16(15)12-14/h8-12H,2-7H2,1H3/b13-11-. The van der Waals surface area contributed by atoms with Crippen LogP contribution in [-0.4, -0.2) is 6.29 Å². The van der Waals surface area contributed by atoms with Crippen molar-refractivity contribution < 1.29 is 4.79 Å². The smallest absolute Gasteiger partial charge is 0.120 e. The zero-order valence-corrected chi connectivity index (χ0v) is 10.5. The van der Waals surface area contributed by atoms with E-state index in [-0.39, 0.29) is 0 Å². The van der Waals surface area contributed by atoms with E-state index in [1.807, 2.05) is 0 Å². The Bertz CT molecular complexity index is 429. The maximum absolute atomic E-state index is 10.3. The number of allylic oxidation sites excluding steroid dienone is 1. The molecule has 1 aromatic carbocycles. The van der Waals surface area contributed by atoms with Crippen LogP contribution < -0.4 is 0 Å². The minimum atomic E-state index is 0.632. The molecule has 1 nitrogen and oxygen atoms in total. The summed E-state index contributed by atoms with van der Waals surface area (Å²) in [5, 5.41) is 0. The van der Waals surface area contributed by atoms with Gasteiger partial charge in [0.25, 0.3) is 0 Å². The second kappa shape index (κ2) is 5.81. The first-order chi connectivity index (χ1) is 8.29. The van der Waals surface area contributed by atoms with Gasteiger partial charge in [-0.15, -0.1) is 0 Å². The van der Waals surface area contributed by atoms with Crippen molar-refractivity contribution >= 4 is 12.4 Å². The Kier molecular flexibility index (Phi) is 4.13. The van der Waals surface area contributed by atoms with Crippen LogP contribution in [0.2, 0.25) is 0 Å². The lowest BCUT2D eigenvalue weighted by Crippen LogP contribution is -2.02. The summed E-state index contributed by atoms with van der Waals surface area (Å²) in [6.45, 7) is 2.10. The molecule has 0 aliphatic heterocycles. The van der Waals surface area contributed by atoms with Gasteiger partial charge < -0.3 is 4.79 Å². The molecule has 0 saturated heterocycles. The molecule has 1 aliphatic rings. The van der Waals surface area contributed by atoms with Crippen LogP contribution in [0.15, 0.2) is 23.8 Å². The van der Waals surface area contributed by atoms with E-state index in [9.17, 15) is 4.79 Å². The highest BCUT2D eigenvalue weighted by Crippen LogP contribution is 2.23. The van der Waals surface area contributed by atoms with Crippen LogP contribution in [-0.2, 0) is 17.6 Å². The molecule has 0 N–H and O–H groups in total. The Morgan fingerprint density at radius 3 is 2.76 bits per heavy atom. The first kappa shape index (κ1) is 12.1. The van der Waals surface area contributed by atoms with Gasteiger partial charge in [0.1, 0.15) is 6.29 Å². The second-order valence-corrected chi connectivity index (χ2v) is 4.93. The molecule has 0 saturated carbocycles. The molecule has 0 fully saturated rings. The van der Waals surface area contributed by atoms with E-state index in [1.165, 1.54) is 47.9 Å². The van der Waals surface area contributed by atoms with Gasteiger partial charge in [0.15, 0.2) is 0 Å². The van der Waals surface area contributed by atoms with Crippen molar-refractivity contribution in [1.29, 1.82) is 0 Å². The molecule has 1 heteroatoms. The molecule has 0 bridgehead atoms. The summed E-state index contributed by atoms with van der Waals surface area (Å²) >= 11 is 0. The summed E-state index contributed by atoms with van der Waals surface area (Å²) in [4.78, 5) is 10.3. The predicted molar refractivity (Wildman–Crippen MR) is 72.0 cm³/mol. The molecule has 0 amide bonds. The quantitative estimate of drug-likeness (QED) is 0.713. The largest absolute Gasteiger partial charge is 0.303 e. The Morgan fingerprint density at radius 2 is 2.00 bits per heavy atom. The molecule has 2 rings (SSSR count). The van der Waals surface area contributed by atoms with Crippen LogP contribution in [0.4, 0.5) is 0 Å². The van der Waals surface area contributed by atoms with E-state index in [2.05, 4.69) is 31.2 Å². The molecule has 0 atom stereocenters. The third-order valence-electron chi connectivity index (χ3n) is 3.44. The van der Waals surface area contributed by atoms with Crippen molar-refractivity contribution in [1.82, 2.24) is 0 Å². The van der Waals surface area contributed by atoms with E-state index in [0.29, 0.717) is 6.42 Å². The average molecular weight is 228 g/mol. The monoisotopic (exact) mass is 228 g/mol. The number of carbonyl (C=O) groups excluding carboxylic acids is 1. The van der Waals surface area contributed by atoms with Crippen LogP contribution in [0, 0.1) is 0 Å². The van der Waals surface area contributed by atoms with E-state index in [1.54, 1.807) is 0 Å². The number of carbonyl (C=O) groups is 1. The Hall–Kier alpha value is -1.37. The van der Waals surface area contributed by atoms with Crippen molar-refractivity contribution in [3.05, 3.63) is 40.5 Å². The molecule has 17 heavy (non-hydrogen) atoms. The van der Waals surface area contributed by atoms with Gasteiger partial charge in [0.2, 0.25) is 0 Å². The van der Waals surface area contributed by atoms with Crippen LogP contribution >= 0.6 is 0 Å². The van der Waals surface area contributed by atoms with Gasteiger partial charge >= 0.3 is 0 Å². The lowest BCUT2D eigenvalue weighted by atomic mass is 9.90. The maximum Gasteiger partial charge on any atom is 0.120 e. The van der Waals surface area contributed by atoms with Crippen LogP contribution in [0.25, 0.3) is 6.08 Å². The maximum atomic E-state index is 10.3.